The van der Waals surface area contributed by atoms with Crippen molar-refractivity contribution < 1.29 is 5.11 Å². The van der Waals surface area contributed by atoms with Crippen LogP contribution in [0.5, 0.6) is 0 Å². The quantitative estimate of drug-likeness (QED) is 0.744. The topological polar surface area (TPSA) is 20.2 Å². The fraction of sp³-hybridized carbons (Fsp3) is 0.529. The van der Waals surface area contributed by atoms with E-state index in [2.05, 4.69) is 11.8 Å². The maximum Gasteiger partial charge on any atom is 0.0911 e. The van der Waals surface area contributed by atoms with Gasteiger partial charge in [0.15, 0.2) is 0 Å². The molecule has 0 radical (unpaired) electrons. The van der Waals surface area contributed by atoms with Crippen molar-refractivity contribution in [3.05, 3.63) is 35.4 Å². The second-order valence-electron chi connectivity index (χ2n) is 5.68. The fourth-order valence-corrected chi connectivity index (χ4v) is 2.81. The Morgan fingerprint density at radius 2 is 1.78 bits per heavy atom. The summed E-state index contributed by atoms with van der Waals surface area (Å²) in [5.74, 6) is 7.31. The summed E-state index contributed by atoms with van der Waals surface area (Å²) >= 11 is 0. The van der Waals surface area contributed by atoms with E-state index < -0.39 is 5.60 Å². The first kappa shape index (κ1) is 11.8. The normalized spacial score (nSPS) is 22.1. The molecule has 0 saturated heterocycles. The summed E-state index contributed by atoms with van der Waals surface area (Å²) in [5.41, 5.74) is 1.49. The third-order valence-electron chi connectivity index (χ3n) is 4.17. The summed E-state index contributed by atoms with van der Waals surface area (Å²) in [5, 5.41) is 10.3. The van der Waals surface area contributed by atoms with E-state index in [1.54, 1.807) is 0 Å². The van der Waals surface area contributed by atoms with Crippen molar-refractivity contribution in [3.63, 3.8) is 0 Å². The summed E-state index contributed by atoms with van der Waals surface area (Å²) in [6.07, 6.45) is 8.29. The van der Waals surface area contributed by atoms with Gasteiger partial charge in [-0.2, -0.15) is 0 Å². The third-order valence-corrected chi connectivity index (χ3v) is 4.17. The number of rotatable bonds is 1. The number of hydrogen-bond donors (Lipinski definition) is 1. The molecule has 0 amide bonds. The predicted molar refractivity (Wildman–Crippen MR) is 73.0 cm³/mol. The molecule has 0 aliphatic heterocycles. The third kappa shape index (κ3) is 2.44. The Labute approximate surface area is 109 Å². The average Bonchev–Trinajstić information content (AvgIpc) is 3.17. The predicted octanol–water partition coefficient (Wildman–Crippen LogP) is 3.60. The summed E-state index contributed by atoms with van der Waals surface area (Å²) < 4.78 is 0. The van der Waals surface area contributed by atoms with Gasteiger partial charge in [0.1, 0.15) is 0 Å². The van der Waals surface area contributed by atoms with Crippen LogP contribution in [0.2, 0.25) is 0 Å². The first-order chi connectivity index (χ1) is 8.78. The first-order valence-electron chi connectivity index (χ1n) is 7.11. The van der Waals surface area contributed by atoms with Crippen LogP contribution < -0.4 is 0 Å². The van der Waals surface area contributed by atoms with Crippen LogP contribution in [0.3, 0.4) is 0 Å². The lowest BCUT2D eigenvalue weighted by atomic mass is 9.89. The number of benzene rings is 1. The molecule has 1 aromatic rings. The molecule has 0 atom stereocenters. The lowest BCUT2D eigenvalue weighted by Gasteiger charge is -2.16. The van der Waals surface area contributed by atoms with Crippen molar-refractivity contribution in [2.45, 2.75) is 50.5 Å². The van der Waals surface area contributed by atoms with Gasteiger partial charge in [0.25, 0.3) is 0 Å². The van der Waals surface area contributed by atoms with E-state index in [4.69, 9.17) is 0 Å². The lowest BCUT2D eigenvalue weighted by molar-refractivity contribution is 0.151. The van der Waals surface area contributed by atoms with Gasteiger partial charge in [-0.25, -0.2) is 0 Å². The van der Waals surface area contributed by atoms with Gasteiger partial charge in [-0.3, -0.25) is 0 Å². The number of hydrogen-bond acceptors (Lipinski definition) is 1. The second-order valence-corrected chi connectivity index (χ2v) is 5.68. The summed E-state index contributed by atoms with van der Waals surface area (Å²) in [4.78, 5) is 0. The zero-order chi connectivity index (χ0) is 12.4. The Hall–Kier alpha value is -1.26. The molecule has 1 nitrogen and oxygen atoms in total. The Balaban J connectivity index is 1.82. The van der Waals surface area contributed by atoms with Gasteiger partial charge in [0, 0.05) is 11.5 Å². The largest absolute Gasteiger partial charge is 0.385 e. The van der Waals surface area contributed by atoms with Crippen molar-refractivity contribution in [1.82, 2.24) is 0 Å². The van der Waals surface area contributed by atoms with Gasteiger partial charge in [0.2, 0.25) is 0 Å². The highest BCUT2D eigenvalue weighted by molar-refractivity contribution is 5.46. The molecule has 2 aliphatic carbocycles. The average molecular weight is 240 g/mol. The van der Waals surface area contributed by atoms with Gasteiger partial charge < -0.3 is 5.11 Å². The minimum Gasteiger partial charge on any atom is -0.385 e. The Morgan fingerprint density at radius 3 is 2.50 bits per heavy atom. The smallest absolute Gasteiger partial charge is 0.0911 e. The Morgan fingerprint density at radius 1 is 1.06 bits per heavy atom. The van der Waals surface area contributed by atoms with Gasteiger partial charge >= 0.3 is 0 Å². The standard InChI is InChI=1S/C17H20O/c18-17(12-13-17)16-9-5-4-8-15(16)11-10-14-6-2-1-3-7-14/h4-5,8-9,14,18H,1-3,6-7,12-13H2. The van der Waals surface area contributed by atoms with Crippen LogP contribution in [-0.4, -0.2) is 5.11 Å². The van der Waals surface area contributed by atoms with E-state index in [1.165, 1.54) is 32.1 Å². The van der Waals surface area contributed by atoms with E-state index in [1.807, 2.05) is 24.3 Å². The van der Waals surface area contributed by atoms with Crippen molar-refractivity contribution in [3.8, 4) is 11.8 Å². The van der Waals surface area contributed by atoms with Crippen molar-refractivity contribution in [1.29, 1.82) is 0 Å². The van der Waals surface area contributed by atoms with Gasteiger partial charge in [-0.1, -0.05) is 49.3 Å². The first-order valence-corrected chi connectivity index (χ1v) is 7.11. The highest BCUT2D eigenvalue weighted by Crippen LogP contribution is 2.46. The maximum absolute atomic E-state index is 10.3. The molecule has 2 saturated carbocycles. The maximum atomic E-state index is 10.3. The van der Waals surface area contributed by atoms with Crippen LogP contribution in [0.15, 0.2) is 24.3 Å². The Bertz CT molecular complexity index is 482. The molecule has 2 fully saturated rings. The van der Waals surface area contributed by atoms with Crippen LogP contribution in [0.4, 0.5) is 0 Å². The van der Waals surface area contributed by atoms with Crippen molar-refractivity contribution in [2.75, 3.05) is 0 Å². The SMILES string of the molecule is OC1(c2ccccc2C#CC2CCCCC2)CC1. The molecular weight excluding hydrogens is 220 g/mol. The van der Waals surface area contributed by atoms with Crippen molar-refractivity contribution in [2.24, 2.45) is 5.92 Å². The summed E-state index contributed by atoms with van der Waals surface area (Å²) in [6.45, 7) is 0. The molecule has 1 aromatic carbocycles. The Kier molecular flexibility index (Phi) is 3.14. The van der Waals surface area contributed by atoms with E-state index in [-0.39, 0.29) is 0 Å². The molecular formula is C17H20O. The van der Waals surface area contributed by atoms with E-state index in [9.17, 15) is 5.11 Å². The van der Waals surface area contributed by atoms with E-state index in [0.29, 0.717) is 5.92 Å². The van der Waals surface area contributed by atoms with Crippen LogP contribution in [0, 0.1) is 17.8 Å². The molecule has 0 aromatic heterocycles. The van der Waals surface area contributed by atoms with Crippen LogP contribution in [0.1, 0.15) is 56.1 Å². The molecule has 3 rings (SSSR count). The van der Waals surface area contributed by atoms with E-state index >= 15 is 0 Å². The highest BCUT2D eigenvalue weighted by Gasteiger charge is 2.43. The van der Waals surface area contributed by atoms with Crippen LogP contribution >= 0.6 is 0 Å². The van der Waals surface area contributed by atoms with Gasteiger partial charge in [-0.05, 0) is 37.3 Å². The van der Waals surface area contributed by atoms with Gasteiger partial charge in [0.05, 0.1) is 5.60 Å². The number of aliphatic hydroxyl groups is 1. The second kappa shape index (κ2) is 4.78. The molecule has 1 N–H and O–H groups in total. The molecule has 0 heterocycles. The molecule has 0 spiro atoms. The zero-order valence-electron chi connectivity index (χ0n) is 10.8. The fourth-order valence-electron chi connectivity index (χ4n) is 2.81. The summed E-state index contributed by atoms with van der Waals surface area (Å²) in [6, 6.07) is 8.08. The van der Waals surface area contributed by atoms with Crippen molar-refractivity contribution >= 4 is 0 Å². The van der Waals surface area contributed by atoms with Crippen LogP contribution in [0.25, 0.3) is 0 Å². The van der Waals surface area contributed by atoms with Gasteiger partial charge in [-0.15, -0.1) is 0 Å². The molecule has 0 bridgehead atoms. The molecule has 2 aliphatic rings. The molecule has 0 unspecified atom stereocenters. The monoisotopic (exact) mass is 240 g/mol. The molecule has 94 valence electrons. The zero-order valence-corrected chi connectivity index (χ0v) is 10.8. The minimum absolute atomic E-state index is 0.570. The lowest BCUT2D eigenvalue weighted by Crippen LogP contribution is -2.07. The van der Waals surface area contributed by atoms with E-state index in [0.717, 1.165) is 24.0 Å². The molecule has 1 heteroatoms. The highest BCUT2D eigenvalue weighted by atomic mass is 16.3. The minimum atomic E-state index is -0.572. The molecule has 18 heavy (non-hydrogen) atoms. The van der Waals surface area contributed by atoms with Crippen LogP contribution in [-0.2, 0) is 5.60 Å². The summed E-state index contributed by atoms with van der Waals surface area (Å²) in [7, 11) is 0.